The molecule has 2 aromatic heterocycles. The topological polar surface area (TPSA) is 29.3 Å². The number of nitrogens with zero attached hydrogens (tertiary/aromatic N) is 2. The monoisotopic (exact) mass is 369 g/mol. The number of imidazole rings is 1. The summed E-state index contributed by atoms with van der Waals surface area (Å²) < 4.78 is 28.5. The van der Waals surface area contributed by atoms with Crippen LogP contribution in [0.1, 0.15) is 5.69 Å². The first-order valence-electron chi connectivity index (χ1n) is 8.01. The van der Waals surface area contributed by atoms with Gasteiger partial charge in [0, 0.05) is 11.3 Å². The highest BCUT2D eigenvalue weighted by Gasteiger charge is 2.18. The summed E-state index contributed by atoms with van der Waals surface area (Å²) in [6.45, 7) is -0.645. The van der Waals surface area contributed by atoms with Gasteiger partial charge in [-0.2, -0.15) is 0 Å². The summed E-state index contributed by atoms with van der Waals surface area (Å²) in [5, 5.41) is 3.77. The van der Waals surface area contributed by atoms with Crippen molar-refractivity contribution in [3.63, 3.8) is 0 Å². The third-order valence-corrected chi connectivity index (χ3v) is 4.43. The van der Waals surface area contributed by atoms with E-state index in [4.69, 9.17) is 11.6 Å². The molecule has 0 saturated heterocycles. The summed E-state index contributed by atoms with van der Waals surface area (Å²) in [6.07, 6.45) is 0. The molecule has 0 aliphatic carbocycles. The molecule has 4 rings (SSSR count). The third-order valence-electron chi connectivity index (χ3n) is 4.10. The van der Waals surface area contributed by atoms with E-state index in [1.165, 1.54) is 12.1 Å². The van der Waals surface area contributed by atoms with E-state index in [-0.39, 0.29) is 5.82 Å². The van der Waals surface area contributed by atoms with Crippen LogP contribution in [-0.2, 0) is 6.67 Å². The molecule has 0 aliphatic rings. The molecule has 3 nitrogen and oxygen atoms in total. The Morgan fingerprint density at radius 2 is 1.73 bits per heavy atom. The minimum atomic E-state index is -0.645. The fourth-order valence-corrected chi connectivity index (χ4v) is 3.12. The second-order valence-electron chi connectivity index (χ2n) is 5.77. The van der Waals surface area contributed by atoms with E-state index in [1.807, 2.05) is 18.2 Å². The Labute approximate surface area is 153 Å². The lowest BCUT2D eigenvalue weighted by molar-refractivity contribution is 0.473. The van der Waals surface area contributed by atoms with Crippen LogP contribution in [0.15, 0.2) is 66.7 Å². The quantitative estimate of drug-likeness (QED) is 0.477. The highest BCUT2D eigenvalue weighted by atomic mass is 35.5. The second kappa shape index (κ2) is 6.77. The van der Waals surface area contributed by atoms with E-state index in [0.717, 1.165) is 5.56 Å². The lowest BCUT2D eigenvalue weighted by Gasteiger charge is -2.11. The fourth-order valence-electron chi connectivity index (χ4n) is 2.89. The molecule has 130 valence electrons. The smallest absolute Gasteiger partial charge is 0.143 e. The molecule has 0 unspecified atom stereocenters. The van der Waals surface area contributed by atoms with Gasteiger partial charge in [-0.15, -0.1) is 0 Å². The zero-order chi connectivity index (χ0) is 18.1. The molecule has 2 heterocycles. The Kier molecular flexibility index (Phi) is 4.31. The van der Waals surface area contributed by atoms with Crippen LogP contribution in [0.2, 0.25) is 5.02 Å². The van der Waals surface area contributed by atoms with Crippen LogP contribution in [-0.4, -0.2) is 9.38 Å². The van der Waals surface area contributed by atoms with E-state index in [9.17, 15) is 8.78 Å². The Morgan fingerprint density at radius 1 is 0.962 bits per heavy atom. The Hall–Kier alpha value is -2.92. The van der Waals surface area contributed by atoms with Gasteiger partial charge in [0.25, 0.3) is 0 Å². The lowest BCUT2D eigenvalue weighted by Crippen LogP contribution is -2.01. The van der Waals surface area contributed by atoms with Gasteiger partial charge in [0.2, 0.25) is 0 Å². The number of pyridine rings is 1. The first-order chi connectivity index (χ1) is 12.7. The summed E-state index contributed by atoms with van der Waals surface area (Å²) in [5.41, 5.74) is 3.04. The largest absolute Gasteiger partial charge is 0.339 e. The molecule has 4 aromatic rings. The molecule has 0 fully saturated rings. The maximum Gasteiger partial charge on any atom is 0.143 e. The number of anilines is 2. The average Bonchev–Trinajstić information content (AvgIpc) is 3.02. The average molecular weight is 370 g/mol. The molecular weight excluding hydrogens is 356 g/mol. The number of halogens is 3. The highest BCUT2D eigenvalue weighted by molar-refractivity contribution is 6.33. The molecule has 0 radical (unpaired) electrons. The first-order valence-corrected chi connectivity index (χ1v) is 8.39. The number of aromatic nitrogens is 2. The third kappa shape index (κ3) is 2.91. The minimum absolute atomic E-state index is 0.329. The van der Waals surface area contributed by atoms with Gasteiger partial charge in [0.05, 0.1) is 10.7 Å². The van der Waals surface area contributed by atoms with Crippen LogP contribution in [0.5, 0.6) is 0 Å². The zero-order valence-corrected chi connectivity index (χ0v) is 14.3. The number of alkyl halides is 1. The van der Waals surface area contributed by atoms with Crippen molar-refractivity contribution >= 4 is 28.8 Å². The normalized spacial score (nSPS) is 11.0. The van der Waals surface area contributed by atoms with Crippen molar-refractivity contribution in [1.29, 1.82) is 0 Å². The van der Waals surface area contributed by atoms with Gasteiger partial charge < -0.3 is 5.32 Å². The van der Waals surface area contributed by atoms with Crippen LogP contribution in [0.25, 0.3) is 16.9 Å². The van der Waals surface area contributed by atoms with Crippen LogP contribution in [0, 0.1) is 5.82 Å². The van der Waals surface area contributed by atoms with Crippen LogP contribution < -0.4 is 5.32 Å². The maximum atomic E-state index is 13.6. The van der Waals surface area contributed by atoms with Crippen molar-refractivity contribution in [2.45, 2.75) is 6.67 Å². The molecule has 6 heteroatoms. The highest BCUT2D eigenvalue weighted by Crippen LogP contribution is 2.35. The van der Waals surface area contributed by atoms with Gasteiger partial charge >= 0.3 is 0 Å². The van der Waals surface area contributed by atoms with E-state index in [1.54, 1.807) is 40.8 Å². The summed E-state index contributed by atoms with van der Waals surface area (Å²) in [6, 6.07) is 18.5. The number of rotatable bonds is 4. The van der Waals surface area contributed by atoms with E-state index in [2.05, 4.69) is 10.3 Å². The van der Waals surface area contributed by atoms with Crippen molar-refractivity contribution in [2.75, 3.05) is 5.32 Å². The molecule has 0 aliphatic heterocycles. The van der Waals surface area contributed by atoms with Gasteiger partial charge in [0.15, 0.2) is 0 Å². The number of nitrogens with one attached hydrogen (secondary N) is 1. The molecule has 0 bridgehead atoms. The summed E-state index contributed by atoms with van der Waals surface area (Å²) in [7, 11) is 0. The van der Waals surface area contributed by atoms with Crippen molar-refractivity contribution in [3.8, 4) is 11.3 Å². The number of fused-ring (bicyclic) bond motifs is 1. The summed E-state index contributed by atoms with van der Waals surface area (Å²) in [4.78, 5) is 4.64. The van der Waals surface area contributed by atoms with Gasteiger partial charge in [-0.25, -0.2) is 13.8 Å². The fraction of sp³-hybridized carbons (Fsp3) is 0.0500. The Balaban J connectivity index is 1.96. The molecule has 1 N–H and O–H groups in total. The van der Waals surface area contributed by atoms with Gasteiger partial charge in [-0.05, 0) is 42.5 Å². The van der Waals surface area contributed by atoms with E-state index >= 15 is 0 Å². The number of hydrogen-bond acceptors (Lipinski definition) is 2. The van der Waals surface area contributed by atoms with Crippen LogP contribution in [0.3, 0.4) is 0 Å². The molecule has 26 heavy (non-hydrogen) atoms. The van der Waals surface area contributed by atoms with Crippen molar-refractivity contribution in [2.24, 2.45) is 0 Å². The predicted molar refractivity (Wildman–Crippen MR) is 100 cm³/mol. The molecular formula is C20H14ClF2N3. The predicted octanol–water partition coefficient (Wildman–Crippen LogP) is 6.01. The van der Waals surface area contributed by atoms with E-state index < -0.39 is 6.67 Å². The molecule has 0 amide bonds. The number of benzene rings is 2. The van der Waals surface area contributed by atoms with Crippen molar-refractivity contribution < 1.29 is 8.78 Å². The standard InChI is InChI=1S/C20H14ClF2N3/c21-17-6-2-1-5-16(17)19-20(24-14-10-8-13(23)9-11-14)26-15(12-22)4-3-7-18(26)25-19/h1-11,24H,12H2. The summed E-state index contributed by atoms with van der Waals surface area (Å²) in [5.74, 6) is 0.248. The SMILES string of the molecule is FCc1cccc2nc(-c3ccccc3Cl)c(Nc3ccc(F)cc3)n12. The van der Waals surface area contributed by atoms with Crippen molar-refractivity contribution in [3.05, 3.63) is 83.3 Å². The lowest BCUT2D eigenvalue weighted by atomic mass is 10.1. The van der Waals surface area contributed by atoms with E-state index in [0.29, 0.717) is 33.6 Å². The first kappa shape index (κ1) is 16.5. The maximum absolute atomic E-state index is 13.6. The minimum Gasteiger partial charge on any atom is -0.339 e. The van der Waals surface area contributed by atoms with Crippen molar-refractivity contribution in [1.82, 2.24) is 9.38 Å². The van der Waals surface area contributed by atoms with Gasteiger partial charge in [-0.1, -0.05) is 35.9 Å². The Morgan fingerprint density at radius 3 is 2.46 bits per heavy atom. The molecule has 0 spiro atoms. The second-order valence-corrected chi connectivity index (χ2v) is 6.17. The van der Waals surface area contributed by atoms with Crippen LogP contribution >= 0.6 is 11.6 Å². The Bertz CT molecular complexity index is 1070. The number of hydrogen-bond donors (Lipinski definition) is 1. The summed E-state index contributed by atoms with van der Waals surface area (Å²) >= 11 is 6.36. The zero-order valence-electron chi connectivity index (χ0n) is 13.6. The molecule has 0 atom stereocenters. The van der Waals surface area contributed by atoms with Gasteiger partial charge in [-0.3, -0.25) is 4.40 Å². The molecule has 0 saturated carbocycles. The van der Waals surface area contributed by atoms with Crippen LogP contribution in [0.4, 0.5) is 20.3 Å². The molecule has 2 aromatic carbocycles. The van der Waals surface area contributed by atoms with Gasteiger partial charge in [0.1, 0.15) is 29.7 Å².